The summed E-state index contributed by atoms with van der Waals surface area (Å²) in [7, 11) is 0. The van der Waals surface area contributed by atoms with Crippen LogP contribution in [0.15, 0.2) is 24.7 Å². The molecule has 0 saturated heterocycles. The first-order chi connectivity index (χ1) is 7.27. The molecule has 0 atom stereocenters. The molecule has 0 aliphatic heterocycles. The zero-order valence-corrected chi connectivity index (χ0v) is 7.62. The average molecular weight is 208 g/mol. The molecule has 0 aliphatic rings. The van der Waals surface area contributed by atoms with Crippen molar-refractivity contribution in [2.75, 3.05) is 12.1 Å². The number of hydrogen-bond acceptors (Lipinski definition) is 5. The fraction of sp³-hybridized carbons (Fsp3) is 0.125. The lowest BCUT2D eigenvalue weighted by atomic mass is 10.5. The van der Waals surface area contributed by atoms with Gasteiger partial charge in [-0.05, 0) is 6.07 Å². The maximum Gasteiger partial charge on any atom is 0.332 e. The van der Waals surface area contributed by atoms with Crippen LogP contribution >= 0.6 is 0 Å². The second-order valence-corrected chi connectivity index (χ2v) is 2.72. The van der Waals surface area contributed by atoms with E-state index in [-0.39, 0.29) is 0 Å². The van der Waals surface area contributed by atoms with E-state index in [0.717, 1.165) is 0 Å². The number of nitrogens with zero attached hydrogens (tertiary/aromatic N) is 3. The van der Waals surface area contributed by atoms with Gasteiger partial charge in [-0.15, -0.1) is 0 Å². The summed E-state index contributed by atoms with van der Waals surface area (Å²) >= 11 is 0. The highest BCUT2D eigenvalue weighted by Gasteiger charge is 2.03. The van der Waals surface area contributed by atoms with Gasteiger partial charge in [0, 0.05) is 12.4 Å². The molecule has 0 aliphatic carbocycles. The Kier molecular flexibility index (Phi) is 2.46. The average Bonchev–Trinajstić information content (AvgIpc) is 2.65. The van der Waals surface area contributed by atoms with Crippen molar-refractivity contribution in [3.05, 3.63) is 24.7 Å². The monoisotopic (exact) mass is 208 g/mol. The zero-order chi connectivity index (χ0) is 10.7. The Morgan fingerprint density at radius 2 is 2.47 bits per heavy atom. The van der Waals surface area contributed by atoms with Crippen molar-refractivity contribution in [2.45, 2.75) is 0 Å². The molecular formula is C8H8N4O3. The van der Waals surface area contributed by atoms with Crippen LogP contribution in [0.1, 0.15) is 0 Å². The number of aliphatic carboxylic acids is 1. The number of fused-ring (bicyclic) bond motifs is 1. The first-order valence-corrected chi connectivity index (χ1v) is 4.15. The Bertz CT molecular complexity index is 481. The number of rotatable bonds is 4. The first-order valence-electron chi connectivity index (χ1n) is 4.15. The van der Waals surface area contributed by atoms with Gasteiger partial charge in [-0.1, -0.05) is 0 Å². The van der Waals surface area contributed by atoms with Crippen LogP contribution in [0.2, 0.25) is 0 Å². The van der Waals surface area contributed by atoms with Crippen molar-refractivity contribution in [1.82, 2.24) is 14.6 Å². The lowest BCUT2D eigenvalue weighted by molar-refractivity contribution is -0.141. The Morgan fingerprint density at radius 3 is 3.27 bits per heavy atom. The molecule has 0 bridgehead atoms. The number of anilines is 1. The summed E-state index contributed by atoms with van der Waals surface area (Å²) in [6.45, 7) is -0.434. The molecule has 0 spiro atoms. The molecule has 7 heteroatoms. The van der Waals surface area contributed by atoms with E-state index in [1.807, 2.05) is 0 Å². The summed E-state index contributed by atoms with van der Waals surface area (Å²) in [6, 6.07) is 1.74. The van der Waals surface area contributed by atoms with E-state index in [4.69, 9.17) is 9.94 Å². The van der Waals surface area contributed by atoms with Crippen LogP contribution in [0, 0.1) is 0 Å². The molecule has 78 valence electrons. The fourth-order valence-electron chi connectivity index (χ4n) is 1.10. The van der Waals surface area contributed by atoms with Gasteiger partial charge in [0.05, 0.1) is 6.20 Å². The van der Waals surface area contributed by atoms with E-state index in [1.165, 1.54) is 6.20 Å². The SMILES string of the molecule is O=C(O)CONc1nccn2nccc12. The highest BCUT2D eigenvalue weighted by molar-refractivity contribution is 5.69. The van der Waals surface area contributed by atoms with Crippen molar-refractivity contribution in [2.24, 2.45) is 0 Å². The Labute approximate surface area is 84.3 Å². The number of nitrogens with one attached hydrogen (secondary N) is 1. The summed E-state index contributed by atoms with van der Waals surface area (Å²) in [4.78, 5) is 18.9. The minimum Gasteiger partial charge on any atom is -0.479 e. The minimum absolute atomic E-state index is 0.427. The van der Waals surface area contributed by atoms with Crippen LogP contribution < -0.4 is 5.48 Å². The number of hydrogen-bond donors (Lipinski definition) is 2. The van der Waals surface area contributed by atoms with E-state index in [9.17, 15) is 4.79 Å². The molecule has 15 heavy (non-hydrogen) atoms. The molecule has 0 aromatic carbocycles. The van der Waals surface area contributed by atoms with Crippen LogP contribution in [-0.4, -0.2) is 32.3 Å². The number of carboxylic acids is 1. The van der Waals surface area contributed by atoms with Gasteiger partial charge in [-0.2, -0.15) is 5.10 Å². The molecule has 2 aromatic rings. The smallest absolute Gasteiger partial charge is 0.332 e. The topological polar surface area (TPSA) is 88.8 Å². The summed E-state index contributed by atoms with van der Waals surface area (Å²) in [5.74, 6) is -0.626. The van der Waals surface area contributed by atoms with E-state index < -0.39 is 12.6 Å². The normalized spacial score (nSPS) is 10.4. The Balaban J connectivity index is 2.13. The third kappa shape index (κ3) is 2.02. The third-order valence-electron chi connectivity index (χ3n) is 1.69. The summed E-state index contributed by atoms with van der Waals surface area (Å²) in [5, 5.41) is 12.3. The minimum atomic E-state index is -1.05. The molecule has 0 radical (unpaired) electrons. The third-order valence-corrected chi connectivity index (χ3v) is 1.69. The van der Waals surface area contributed by atoms with Crippen molar-refractivity contribution in [3.8, 4) is 0 Å². The molecule has 0 unspecified atom stereocenters. The van der Waals surface area contributed by atoms with Crippen LogP contribution in [0.3, 0.4) is 0 Å². The van der Waals surface area contributed by atoms with Crippen LogP contribution in [0.5, 0.6) is 0 Å². The van der Waals surface area contributed by atoms with Gasteiger partial charge in [0.15, 0.2) is 12.4 Å². The molecule has 2 N–H and O–H groups in total. The zero-order valence-electron chi connectivity index (χ0n) is 7.62. The lowest BCUT2D eigenvalue weighted by Gasteiger charge is -2.04. The van der Waals surface area contributed by atoms with Gasteiger partial charge in [0.2, 0.25) is 0 Å². The highest BCUT2D eigenvalue weighted by atomic mass is 16.7. The Hall–Kier alpha value is -2.15. The van der Waals surface area contributed by atoms with Crippen molar-refractivity contribution in [3.63, 3.8) is 0 Å². The van der Waals surface area contributed by atoms with E-state index in [1.54, 1.807) is 23.0 Å². The maximum atomic E-state index is 10.2. The molecule has 0 fully saturated rings. The molecule has 7 nitrogen and oxygen atoms in total. The Morgan fingerprint density at radius 1 is 1.60 bits per heavy atom. The van der Waals surface area contributed by atoms with Gasteiger partial charge < -0.3 is 5.11 Å². The predicted molar refractivity (Wildman–Crippen MR) is 50.2 cm³/mol. The summed E-state index contributed by atoms with van der Waals surface area (Å²) in [5.41, 5.74) is 3.16. The van der Waals surface area contributed by atoms with E-state index in [0.29, 0.717) is 11.3 Å². The fourth-order valence-corrected chi connectivity index (χ4v) is 1.10. The van der Waals surface area contributed by atoms with Gasteiger partial charge >= 0.3 is 5.97 Å². The quantitative estimate of drug-likeness (QED) is 0.695. The van der Waals surface area contributed by atoms with Gasteiger partial charge in [-0.25, -0.2) is 19.8 Å². The molecule has 2 rings (SSSR count). The highest BCUT2D eigenvalue weighted by Crippen LogP contribution is 2.11. The summed E-state index contributed by atoms with van der Waals surface area (Å²) < 4.78 is 1.60. The molecular weight excluding hydrogens is 200 g/mol. The van der Waals surface area contributed by atoms with Crippen LogP contribution in [0.4, 0.5) is 5.82 Å². The second kappa shape index (κ2) is 3.93. The van der Waals surface area contributed by atoms with Gasteiger partial charge in [0.25, 0.3) is 0 Å². The molecule has 2 aromatic heterocycles. The standard InChI is InChI=1S/C8H8N4O3/c13-7(14)5-15-11-8-6-1-2-10-12(6)4-3-9-8/h1-4H,5H2,(H,9,11)(H,13,14). The van der Waals surface area contributed by atoms with E-state index >= 15 is 0 Å². The maximum absolute atomic E-state index is 10.2. The van der Waals surface area contributed by atoms with Crippen molar-refractivity contribution in [1.29, 1.82) is 0 Å². The van der Waals surface area contributed by atoms with E-state index in [2.05, 4.69) is 15.6 Å². The van der Waals surface area contributed by atoms with Gasteiger partial charge in [-0.3, -0.25) is 4.84 Å². The van der Waals surface area contributed by atoms with Gasteiger partial charge in [0.1, 0.15) is 5.52 Å². The van der Waals surface area contributed by atoms with Crippen molar-refractivity contribution < 1.29 is 14.7 Å². The van der Waals surface area contributed by atoms with Crippen LogP contribution in [-0.2, 0) is 9.63 Å². The summed E-state index contributed by atoms with van der Waals surface area (Å²) in [6.07, 6.45) is 4.82. The number of carboxylic acid groups (broad SMARTS) is 1. The van der Waals surface area contributed by atoms with Crippen LogP contribution in [0.25, 0.3) is 5.52 Å². The largest absolute Gasteiger partial charge is 0.479 e. The molecule has 0 saturated carbocycles. The number of carbonyl (C=O) groups is 1. The molecule has 0 amide bonds. The lowest BCUT2D eigenvalue weighted by Crippen LogP contribution is -2.12. The van der Waals surface area contributed by atoms with Crippen molar-refractivity contribution >= 4 is 17.3 Å². The predicted octanol–water partition coefficient (Wildman–Crippen LogP) is 0.157. The number of aromatic nitrogens is 3. The molecule has 2 heterocycles. The first kappa shape index (κ1) is 9.41. The second-order valence-electron chi connectivity index (χ2n) is 2.72.